The zero-order valence-electron chi connectivity index (χ0n) is 15.5. The van der Waals surface area contributed by atoms with Gasteiger partial charge in [-0.25, -0.2) is 18.2 Å². The van der Waals surface area contributed by atoms with E-state index in [9.17, 15) is 21.6 Å². The molecule has 1 aromatic heterocycles. The van der Waals surface area contributed by atoms with E-state index in [0.717, 1.165) is 56.7 Å². The number of halogens is 3. The van der Waals surface area contributed by atoms with Gasteiger partial charge in [0.25, 0.3) is 0 Å². The van der Waals surface area contributed by atoms with Gasteiger partial charge in [0.05, 0.1) is 12.8 Å². The van der Waals surface area contributed by atoms with Crippen LogP contribution in [-0.4, -0.2) is 71.3 Å². The van der Waals surface area contributed by atoms with Crippen molar-refractivity contribution in [2.75, 3.05) is 25.9 Å². The Morgan fingerprint density at radius 1 is 1.29 bits per heavy atom. The molecule has 3 heterocycles. The number of piperidine rings is 2. The number of thiazole rings is 1. The van der Waals surface area contributed by atoms with Gasteiger partial charge in [-0.1, -0.05) is 6.42 Å². The maximum absolute atomic E-state index is 12.2. The van der Waals surface area contributed by atoms with E-state index in [1.807, 2.05) is 11.6 Å². The average molecular weight is 444 g/mol. The molecule has 0 amide bonds. The van der Waals surface area contributed by atoms with Crippen molar-refractivity contribution in [1.82, 2.24) is 14.2 Å². The molecule has 0 aliphatic carbocycles. The zero-order chi connectivity index (χ0) is 21.0. The lowest BCUT2D eigenvalue weighted by molar-refractivity contribution is -0.192. The third-order valence-electron chi connectivity index (χ3n) is 4.90. The second kappa shape index (κ2) is 9.06. The molecular weight excluding hydrogens is 419 g/mol. The van der Waals surface area contributed by atoms with Crippen LogP contribution in [0.4, 0.5) is 13.2 Å². The first-order valence-electron chi connectivity index (χ1n) is 8.83. The second-order valence-corrected chi connectivity index (χ2v) is 9.95. The molecule has 0 radical (unpaired) electrons. The first-order valence-corrected chi connectivity index (χ1v) is 11.6. The smallest absolute Gasteiger partial charge is 0.475 e. The fourth-order valence-electron chi connectivity index (χ4n) is 3.86. The van der Waals surface area contributed by atoms with Crippen LogP contribution in [0, 0.1) is 0 Å². The number of nitrogens with zero attached hydrogens (tertiary/aromatic N) is 3. The number of carbonyl (C=O) groups is 1. The quantitative estimate of drug-likeness (QED) is 0.772. The summed E-state index contributed by atoms with van der Waals surface area (Å²) < 4.78 is 57.9. The zero-order valence-corrected chi connectivity index (χ0v) is 17.1. The molecule has 2 aliphatic heterocycles. The van der Waals surface area contributed by atoms with Crippen molar-refractivity contribution in [2.24, 2.45) is 0 Å². The minimum atomic E-state index is -5.08. The minimum Gasteiger partial charge on any atom is -0.475 e. The van der Waals surface area contributed by atoms with Gasteiger partial charge in [0.1, 0.15) is 5.01 Å². The lowest BCUT2D eigenvalue weighted by Gasteiger charge is -2.50. The molecule has 1 N–H and O–H groups in total. The highest BCUT2D eigenvalue weighted by atomic mass is 32.2. The van der Waals surface area contributed by atoms with Crippen LogP contribution >= 0.6 is 11.3 Å². The number of sulfonamides is 1. The van der Waals surface area contributed by atoms with E-state index in [2.05, 4.69) is 9.88 Å². The summed E-state index contributed by atoms with van der Waals surface area (Å²) in [5, 5.41) is 10.2. The topological polar surface area (TPSA) is 90.8 Å². The third-order valence-corrected chi connectivity index (χ3v) is 7.04. The molecule has 12 heteroatoms. The Morgan fingerprint density at radius 2 is 1.93 bits per heavy atom. The van der Waals surface area contributed by atoms with Crippen molar-refractivity contribution in [3.63, 3.8) is 0 Å². The molecule has 0 bridgehead atoms. The van der Waals surface area contributed by atoms with E-state index in [1.165, 1.54) is 6.26 Å². The van der Waals surface area contributed by atoms with Crippen LogP contribution in [0.5, 0.6) is 0 Å². The van der Waals surface area contributed by atoms with Gasteiger partial charge in [-0.15, -0.1) is 11.3 Å². The van der Waals surface area contributed by atoms with Gasteiger partial charge in [0.15, 0.2) is 0 Å². The molecule has 3 rings (SSSR count). The van der Waals surface area contributed by atoms with Crippen LogP contribution < -0.4 is 0 Å². The molecule has 1 spiro atoms. The summed E-state index contributed by atoms with van der Waals surface area (Å²) in [6.07, 6.45) is 3.29. The van der Waals surface area contributed by atoms with E-state index < -0.39 is 22.2 Å². The summed E-state index contributed by atoms with van der Waals surface area (Å²) >= 11 is 1.67. The fourth-order valence-corrected chi connectivity index (χ4v) is 5.92. The van der Waals surface area contributed by atoms with Crippen molar-refractivity contribution in [2.45, 2.75) is 50.4 Å². The van der Waals surface area contributed by atoms with E-state index in [0.29, 0.717) is 6.54 Å². The van der Waals surface area contributed by atoms with Crippen molar-refractivity contribution in [3.05, 3.63) is 16.6 Å². The van der Waals surface area contributed by atoms with E-state index >= 15 is 0 Å². The van der Waals surface area contributed by atoms with Gasteiger partial charge in [-0.2, -0.15) is 17.5 Å². The maximum Gasteiger partial charge on any atom is 0.490 e. The highest BCUT2D eigenvalue weighted by Gasteiger charge is 2.46. The first kappa shape index (κ1) is 23.0. The average Bonchev–Trinajstić information content (AvgIpc) is 3.07. The summed E-state index contributed by atoms with van der Waals surface area (Å²) in [5.74, 6) is -2.76. The monoisotopic (exact) mass is 443 g/mol. The number of hydrogen-bond donors (Lipinski definition) is 1. The molecule has 1 aromatic rings. The standard InChI is InChI=1S/C14H23N3O2S2.C2HF3O2/c1-21(18,19)17-9-3-2-5-14(17)6-4-8-16(12-14)11-13-15-7-10-20-13;3-2(4,5)1(6)7/h7,10H,2-6,8-9,11-12H2,1H3;(H,6,7). The Labute approximate surface area is 166 Å². The molecule has 2 aliphatic rings. The number of alkyl halides is 3. The molecule has 0 aromatic carbocycles. The summed E-state index contributed by atoms with van der Waals surface area (Å²) in [7, 11) is -3.13. The van der Waals surface area contributed by atoms with Crippen molar-refractivity contribution in [3.8, 4) is 0 Å². The molecule has 2 saturated heterocycles. The van der Waals surface area contributed by atoms with Gasteiger partial charge in [0.2, 0.25) is 10.0 Å². The fraction of sp³-hybridized carbons (Fsp3) is 0.750. The minimum absolute atomic E-state index is 0.179. The molecule has 1 unspecified atom stereocenters. The third kappa shape index (κ3) is 6.13. The van der Waals surface area contributed by atoms with E-state index in [-0.39, 0.29) is 5.54 Å². The molecule has 0 saturated carbocycles. The highest BCUT2D eigenvalue weighted by Crippen LogP contribution is 2.38. The van der Waals surface area contributed by atoms with Crippen LogP contribution in [0.25, 0.3) is 0 Å². The number of carboxylic acids is 1. The summed E-state index contributed by atoms with van der Waals surface area (Å²) in [6.45, 7) is 3.42. The molecular formula is C16H24F3N3O4S2. The lowest BCUT2D eigenvalue weighted by atomic mass is 9.81. The summed E-state index contributed by atoms with van der Waals surface area (Å²) in [5.41, 5.74) is -0.179. The molecule has 7 nitrogen and oxygen atoms in total. The van der Waals surface area contributed by atoms with Crippen LogP contribution in [0.15, 0.2) is 11.6 Å². The highest BCUT2D eigenvalue weighted by molar-refractivity contribution is 7.88. The Hall–Kier alpha value is -1.24. The van der Waals surface area contributed by atoms with Crippen molar-refractivity contribution < 1.29 is 31.5 Å². The lowest BCUT2D eigenvalue weighted by Crippen LogP contribution is -2.61. The van der Waals surface area contributed by atoms with Gasteiger partial charge < -0.3 is 5.11 Å². The van der Waals surface area contributed by atoms with E-state index in [4.69, 9.17) is 9.90 Å². The Kier molecular flexibility index (Phi) is 7.45. The number of likely N-dealkylation sites (tertiary alicyclic amines) is 1. The van der Waals surface area contributed by atoms with Crippen molar-refractivity contribution in [1.29, 1.82) is 0 Å². The normalized spacial score (nSPS) is 24.6. The largest absolute Gasteiger partial charge is 0.490 e. The van der Waals surface area contributed by atoms with Gasteiger partial charge >= 0.3 is 12.1 Å². The Bertz CT molecular complexity index is 752. The number of aromatic nitrogens is 1. The maximum atomic E-state index is 12.2. The number of hydrogen-bond acceptors (Lipinski definition) is 6. The van der Waals surface area contributed by atoms with Crippen LogP contribution in [0.3, 0.4) is 0 Å². The molecule has 2 fully saturated rings. The Morgan fingerprint density at radius 3 is 2.46 bits per heavy atom. The van der Waals surface area contributed by atoms with Crippen molar-refractivity contribution >= 4 is 27.3 Å². The van der Waals surface area contributed by atoms with Gasteiger partial charge in [-0.05, 0) is 32.2 Å². The van der Waals surface area contributed by atoms with Gasteiger partial charge in [-0.3, -0.25) is 4.90 Å². The van der Waals surface area contributed by atoms with Crippen LogP contribution in [0.1, 0.15) is 37.1 Å². The predicted octanol–water partition coefficient (Wildman–Crippen LogP) is 2.56. The Balaban J connectivity index is 0.000000345. The SMILES string of the molecule is CS(=O)(=O)N1CCCCC12CCCN(Cc1nccs1)C2.O=C(O)C(F)(F)F. The molecule has 28 heavy (non-hydrogen) atoms. The van der Waals surface area contributed by atoms with Crippen LogP contribution in [0.2, 0.25) is 0 Å². The second-order valence-electron chi connectivity index (χ2n) is 7.06. The molecule has 1 atom stereocenters. The predicted molar refractivity (Wildman–Crippen MR) is 98.4 cm³/mol. The summed E-state index contributed by atoms with van der Waals surface area (Å²) in [6, 6.07) is 0. The molecule has 160 valence electrons. The number of rotatable bonds is 3. The number of aliphatic carboxylic acids is 1. The van der Waals surface area contributed by atoms with E-state index in [1.54, 1.807) is 15.6 Å². The first-order chi connectivity index (χ1) is 12.9. The van der Waals surface area contributed by atoms with Crippen LogP contribution in [-0.2, 0) is 21.4 Å². The number of carboxylic acid groups (broad SMARTS) is 1. The summed E-state index contributed by atoms with van der Waals surface area (Å²) in [4.78, 5) is 15.6. The van der Waals surface area contributed by atoms with Gasteiger partial charge in [0, 0.05) is 30.2 Å².